The number of hydrogen-bond donors (Lipinski definition) is 0. The minimum atomic E-state index is -1.88. The van der Waals surface area contributed by atoms with Gasteiger partial charge in [-0.2, -0.15) is 0 Å². The fraction of sp³-hybridized carbons (Fsp3) is 0.778. The minimum Gasteiger partial charge on any atom is -0.397 e. The van der Waals surface area contributed by atoms with E-state index in [0.29, 0.717) is 0 Å². The summed E-state index contributed by atoms with van der Waals surface area (Å²) in [6.07, 6.45) is 2.95. The second-order valence-corrected chi connectivity index (χ2v) is 6.44. The lowest BCUT2D eigenvalue weighted by atomic mass is 10.5. The molecule has 0 fully saturated rings. The van der Waals surface area contributed by atoms with Crippen LogP contribution in [0.2, 0.25) is 12.1 Å². The van der Waals surface area contributed by atoms with E-state index in [4.69, 9.17) is 8.85 Å². The molecule has 0 aliphatic heterocycles. The number of rotatable bonds is 7. The molecule has 1 atom stereocenters. The van der Waals surface area contributed by atoms with Crippen molar-refractivity contribution in [2.24, 2.45) is 0 Å². The molecule has 0 radical (unpaired) electrons. The highest BCUT2D eigenvalue weighted by molar-refractivity contribution is 6.67. The first-order valence-corrected chi connectivity index (χ1v) is 6.77. The second kappa shape index (κ2) is 6.40. The molecule has 0 aliphatic carbocycles. The summed E-state index contributed by atoms with van der Waals surface area (Å²) in [6, 6.07) is 1.88. The highest BCUT2D eigenvalue weighted by atomic mass is 28.4. The van der Waals surface area contributed by atoms with Crippen LogP contribution in [0.5, 0.6) is 0 Å². The zero-order valence-corrected chi connectivity index (χ0v) is 9.43. The van der Waals surface area contributed by atoms with Gasteiger partial charge < -0.3 is 8.85 Å². The first-order valence-electron chi connectivity index (χ1n) is 4.54. The van der Waals surface area contributed by atoms with Crippen molar-refractivity contribution < 1.29 is 8.85 Å². The summed E-state index contributed by atoms with van der Waals surface area (Å²) in [5, 5.41) is 0. The van der Waals surface area contributed by atoms with Gasteiger partial charge in [0.2, 0.25) is 0 Å². The maximum absolute atomic E-state index is 5.76. The molecule has 0 saturated carbocycles. The van der Waals surface area contributed by atoms with E-state index in [0.717, 1.165) is 25.1 Å². The molecule has 0 aliphatic rings. The molecule has 0 aromatic rings. The van der Waals surface area contributed by atoms with Crippen LogP contribution in [0, 0.1) is 0 Å². The molecule has 0 N–H and O–H groups in total. The van der Waals surface area contributed by atoms with Crippen molar-refractivity contribution in [3.8, 4) is 0 Å². The lowest BCUT2D eigenvalue weighted by molar-refractivity contribution is 0.202. The Labute approximate surface area is 76.8 Å². The van der Waals surface area contributed by atoms with Crippen LogP contribution < -0.4 is 0 Å². The summed E-state index contributed by atoms with van der Waals surface area (Å²) < 4.78 is 11.2. The third kappa shape index (κ3) is 3.52. The molecule has 0 amide bonds. The van der Waals surface area contributed by atoms with Crippen LogP contribution in [0.4, 0.5) is 0 Å². The molecular formula is C9H20O2Si. The van der Waals surface area contributed by atoms with E-state index in [1.165, 1.54) is 0 Å². The van der Waals surface area contributed by atoms with E-state index >= 15 is 0 Å². The summed E-state index contributed by atoms with van der Waals surface area (Å²) in [5.41, 5.74) is 0. The Morgan fingerprint density at radius 1 is 1.42 bits per heavy atom. The Bertz CT molecular complexity index is 122. The van der Waals surface area contributed by atoms with Crippen molar-refractivity contribution >= 4 is 8.56 Å². The Balaban J connectivity index is 4.03. The topological polar surface area (TPSA) is 18.5 Å². The monoisotopic (exact) mass is 188 g/mol. The highest BCUT2D eigenvalue weighted by Gasteiger charge is 2.32. The lowest BCUT2D eigenvalue weighted by Crippen LogP contribution is -2.39. The molecule has 0 spiro atoms. The fourth-order valence-electron chi connectivity index (χ4n) is 1.10. The van der Waals surface area contributed by atoms with Gasteiger partial charge >= 0.3 is 8.56 Å². The van der Waals surface area contributed by atoms with Crippen LogP contribution in [0.15, 0.2) is 12.7 Å². The van der Waals surface area contributed by atoms with Gasteiger partial charge in [-0.05, 0) is 12.5 Å². The predicted octanol–water partition coefficient (Wildman–Crippen LogP) is 2.71. The highest BCUT2D eigenvalue weighted by Crippen LogP contribution is 2.18. The van der Waals surface area contributed by atoms with Gasteiger partial charge in [0.05, 0.1) is 0 Å². The van der Waals surface area contributed by atoms with Crippen LogP contribution in [0.3, 0.4) is 0 Å². The van der Waals surface area contributed by atoms with Crippen molar-refractivity contribution in [3.63, 3.8) is 0 Å². The maximum Gasteiger partial charge on any atom is 0.341 e. The quantitative estimate of drug-likeness (QED) is 0.452. The SMILES string of the molecule is C=CC[Si](CC)(OC)OCCC. The molecule has 0 heterocycles. The molecule has 12 heavy (non-hydrogen) atoms. The largest absolute Gasteiger partial charge is 0.397 e. The van der Waals surface area contributed by atoms with Gasteiger partial charge in [0.25, 0.3) is 0 Å². The third-order valence-electron chi connectivity index (χ3n) is 1.94. The average Bonchev–Trinajstić information content (AvgIpc) is 2.13. The second-order valence-electron chi connectivity index (χ2n) is 2.81. The summed E-state index contributed by atoms with van der Waals surface area (Å²) >= 11 is 0. The Hall–Kier alpha value is -0.123. The Morgan fingerprint density at radius 2 is 2.08 bits per heavy atom. The van der Waals surface area contributed by atoms with E-state index in [1.54, 1.807) is 7.11 Å². The van der Waals surface area contributed by atoms with E-state index in [2.05, 4.69) is 20.4 Å². The summed E-state index contributed by atoms with van der Waals surface area (Å²) in [7, 11) is -0.138. The number of allylic oxidation sites excluding steroid dienone is 1. The molecule has 72 valence electrons. The zero-order chi connectivity index (χ0) is 9.45. The van der Waals surface area contributed by atoms with Crippen LogP contribution in [0.1, 0.15) is 20.3 Å². The molecular weight excluding hydrogens is 168 g/mol. The van der Waals surface area contributed by atoms with Crippen molar-refractivity contribution in [2.45, 2.75) is 32.4 Å². The van der Waals surface area contributed by atoms with E-state index in [-0.39, 0.29) is 0 Å². The minimum absolute atomic E-state index is 0.807. The van der Waals surface area contributed by atoms with Gasteiger partial charge in [0.1, 0.15) is 0 Å². The van der Waals surface area contributed by atoms with Gasteiger partial charge in [-0.1, -0.05) is 19.9 Å². The van der Waals surface area contributed by atoms with Crippen LogP contribution in [0.25, 0.3) is 0 Å². The van der Waals surface area contributed by atoms with Crippen molar-refractivity contribution in [1.29, 1.82) is 0 Å². The predicted molar refractivity (Wildman–Crippen MR) is 54.5 cm³/mol. The molecule has 0 aromatic carbocycles. The Morgan fingerprint density at radius 3 is 2.42 bits per heavy atom. The van der Waals surface area contributed by atoms with Crippen LogP contribution in [-0.2, 0) is 8.85 Å². The van der Waals surface area contributed by atoms with Crippen molar-refractivity contribution in [3.05, 3.63) is 12.7 Å². The number of hydrogen-bond acceptors (Lipinski definition) is 2. The molecule has 0 rings (SSSR count). The molecule has 0 bridgehead atoms. The molecule has 1 unspecified atom stereocenters. The lowest BCUT2D eigenvalue weighted by Gasteiger charge is -2.26. The molecule has 0 aromatic heterocycles. The zero-order valence-electron chi connectivity index (χ0n) is 8.43. The maximum atomic E-state index is 5.76. The van der Waals surface area contributed by atoms with Gasteiger partial charge in [-0.25, -0.2) is 0 Å². The van der Waals surface area contributed by atoms with Crippen LogP contribution >= 0.6 is 0 Å². The first kappa shape index (κ1) is 11.9. The van der Waals surface area contributed by atoms with Gasteiger partial charge in [-0.15, -0.1) is 6.58 Å². The first-order chi connectivity index (χ1) is 5.74. The van der Waals surface area contributed by atoms with E-state index in [9.17, 15) is 0 Å². The average molecular weight is 188 g/mol. The summed E-state index contributed by atoms with van der Waals surface area (Å²) in [6.45, 7) is 8.76. The Kier molecular flexibility index (Phi) is 6.33. The molecule has 2 nitrogen and oxygen atoms in total. The van der Waals surface area contributed by atoms with Gasteiger partial charge in [-0.3, -0.25) is 0 Å². The van der Waals surface area contributed by atoms with Crippen LogP contribution in [-0.4, -0.2) is 22.3 Å². The van der Waals surface area contributed by atoms with Gasteiger partial charge in [0, 0.05) is 19.8 Å². The van der Waals surface area contributed by atoms with Crippen molar-refractivity contribution in [1.82, 2.24) is 0 Å². The normalized spacial score (nSPS) is 15.6. The summed E-state index contributed by atoms with van der Waals surface area (Å²) in [5.74, 6) is 0. The third-order valence-corrected chi connectivity index (χ3v) is 5.40. The standard InChI is InChI=1S/C9H20O2Si/c1-5-8-11-12(7-3,10-4)9-6-2/h6H,2,5,7-9H2,1,3-4H3. The van der Waals surface area contributed by atoms with Crippen molar-refractivity contribution in [2.75, 3.05) is 13.7 Å². The molecule has 0 saturated heterocycles. The molecule has 3 heteroatoms. The fourth-order valence-corrected chi connectivity index (χ4v) is 3.30. The van der Waals surface area contributed by atoms with E-state index in [1.807, 2.05) is 6.08 Å². The van der Waals surface area contributed by atoms with E-state index < -0.39 is 8.56 Å². The summed E-state index contributed by atoms with van der Waals surface area (Å²) in [4.78, 5) is 0. The van der Waals surface area contributed by atoms with Gasteiger partial charge in [0.15, 0.2) is 0 Å². The smallest absolute Gasteiger partial charge is 0.341 e.